The maximum atomic E-state index is 11.5. The molecule has 2 aromatic heterocycles. The first-order chi connectivity index (χ1) is 11.1. The van der Waals surface area contributed by atoms with Gasteiger partial charge in [-0.3, -0.25) is 4.79 Å². The molecule has 4 nitrogen and oxygen atoms in total. The van der Waals surface area contributed by atoms with Crippen LogP contribution in [0.4, 0.5) is 0 Å². The molecule has 23 heavy (non-hydrogen) atoms. The number of pyridine rings is 1. The zero-order valence-corrected chi connectivity index (χ0v) is 13.9. The second-order valence-corrected chi connectivity index (χ2v) is 5.92. The smallest absolute Gasteiger partial charge is 0.305 e. The molecule has 0 aliphatic heterocycles. The molecular formula is C17H14Cl2N2O2. The molecule has 0 saturated carbocycles. The molecule has 0 atom stereocenters. The van der Waals surface area contributed by atoms with Crippen LogP contribution in [0.5, 0.6) is 0 Å². The molecule has 0 aliphatic rings. The summed E-state index contributed by atoms with van der Waals surface area (Å²) in [6.45, 7) is 0. The third-order valence-electron chi connectivity index (χ3n) is 3.65. The number of carbonyl (C=O) groups excluding carboxylic acids is 1. The molecule has 0 aliphatic carbocycles. The molecule has 2 heterocycles. The Morgan fingerprint density at radius 1 is 1.17 bits per heavy atom. The van der Waals surface area contributed by atoms with Gasteiger partial charge in [0.05, 0.1) is 23.8 Å². The van der Waals surface area contributed by atoms with Crippen molar-refractivity contribution in [1.82, 2.24) is 9.97 Å². The first kappa shape index (κ1) is 15.8. The van der Waals surface area contributed by atoms with Crippen LogP contribution in [0.1, 0.15) is 12.0 Å². The zero-order chi connectivity index (χ0) is 16.4. The molecule has 0 unspecified atom stereocenters. The number of ether oxygens (including phenoxy) is 1. The molecule has 6 heteroatoms. The van der Waals surface area contributed by atoms with E-state index in [-0.39, 0.29) is 12.4 Å². The molecule has 0 radical (unpaired) electrons. The number of hydrogen-bond acceptors (Lipinski definition) is 3. The van der Waals surface area contributed by atoms with Gasteiger partial charge in [0.25, 0.3) is 0 Å². The average molecular weight is 349 g/mol. The van der Waals surface area contributed by atoms with Gasteiger partial charge in [0.2, 0.25) is 0 Å². The minimum atomic E-state index is -0.261. The van der Waals surface area contributed by atoms with Gasteiger partial charge in [-0.25, -0.2) is 4.98 Å². The number of aromatic nitrogens is 2. The Kier molecular flexibility index (Phi) is 4.55. The Hall–Kier alpha value is -2.04. The van der Waals surface area contributed by atoms with E-state index in [2.05, 4.69) is 9.97 Å². The van der Waals surface area contributed by atoms with Crippen LogP contribution in [0, 0.1) is 0 Å². The number of aromatic amines is 1. The predicted octanol–water partition coefficient (Wildman–Crippen LogP) is 4.64. The molecule has 0 amide bonds. The van der Waals surface area contributed by atoms with Crippen molar-refractivity contribution >= 4 is 40.2 Å². The lowest BCUT2D eigenvalue weighted by atomic mass is 10.0. The number of nitrogens with zero attached hydrogens (tertiary/aromatic N) is 1. The number of esters is 1. The van der Waals surface area contributed by atoms with Gasteiger partial charge >= 0.3 is 5.97 Å². The normalized spacial score (nSPS) is 10.9. The van der Waals surface area contributed by atoms with Crippen molar-refractivity contribution in [2.24, 2.45) is 0 Å². The summed E-state index contributed by atoms with van der Waals surface area (Å²) >= 11 is 12.0. The van der Waals surface area contributed by atoms with Crippen LogP contribution in [0.15, 0.2) is 36.4 Å². The summed E-state index contributed by atoms with van der Waals surface area (Å²) in [6, 6.07) is 11.1. The molecule has 1 N–H and O–H groups in total. The maximum Gasteiger partial charge on any atom is 0.305 e. The summed E-state index contributed by atoms with van der Waals surface area (Å²) in [5.74, 6) is -0.261. The van der Waals surface area contributed by atoms with Crippen LogP contribution in [0.3, 0.4) is 0 Å². The minimum absolute atomic E-state index is 0.261. The Morgan fingerprint density at radius 2 is 1.91 bits per heavy atom. The summed E-state index contributed by atoms with van der Waals surface area (Å²) in [5, 5.41) is 1.08. The number of methoxy groups -OCH3 is 1. The van der Waals surface area contributed by atoms with Crippen molar-refractivity contribution in [3.63, 3.8) is 0 Å². The van der Waals surface area contributed by atoms with Crippen LogP contribution in [0.2, 0.25) is 10.2 Å². The monoisotopic (exact) mass is 348 g/mol. The zero-order valence-electron chi connectivity index (χ0n) is 12.4. The highest BCUT2D eigenvalue weighted by Crippen LogP contribution is 2.31. The summed E-state index contributed by atoms with van der Waals surface area (Å²) in [7, 11) is 1.38. The van der Waals surface area contributed by atoms with Gasteiger partial charge in [-0.15, -0.1) is 0 Å². The number of carbonyl (C=O) groups is 1. The Morgan fingerprint density at radius 3 is 2.61 bits per heavy atom. The van der Waals surface area contributed by atoms with Crippen LogP contribution < -0.4 is 0 Å². The van der Waals surface area contributed by atoms with E-state index in [1.165, 1.54) is 7.11 Å². The van der Waals surface area contributed by atoms with Crippen LogP contribution in [0.25, 0.3) is 22.3 Å². The highest BCUT2D eigenvalue weighted by Gasteiger charge is 2.16. The summed E-state index contributed by atoms with van der Waals surface area (Å²) < 4.78 is 4.73. The molecule has 0 fully saturated rings. The topological polar surface area (TPSA) is 55.0 Å². The van der Waals surface area contributed by atoms with E-state index < -0.39 is 0 Å². The summed E-state index contributed by atoms with van der Waals surface area (Å²) in [6.07, 6.45) is 0.788. The largest absolute Gasteiger partial charge is 0.469 e. The number of rotatable bonds is 4. The first-order valence-electron chi connectivity index (χ1n) is 7.08. The van der Waals surface area contributed by atoms with Crippen LogP contribution >= 0.6 is 23.2 Å². The van der Waals surface area contributed by atoms with E-state index in [1.54, 1.807) is 6.07 Å². The van der Waals surface area contributed by atoms with Gasteiger partial charge in [0, 0.05) is 17.0 Å². The Bertz CT molecular complexity index is 857. The number of H-pyrrole nitrogens is 1. The van der Waals surface area contributed by atoms with Crippen molar-refractivity contribution in [1.29, 1.82) is 0 Å². The number of halogens is 2. The fourth-order valence-electron chi connectivity index (χ4n) is 2.53. The first-order valence-corrected chi connectivity index (χ1v) is 7.84. The van der Waals surface area contributed by atoms with Crippen molar-refractivity contribution < 1.29 is 9.53 Å². The van der Waals surface area contributed by atoms with Crippen molar-refractivity contribution in [2.45, 2.75) is 12.8 Å². The van der Waals surface area contributed by atoms with E-state index in [0.29, 0.717) is 16.6 Å². The average Bonchev–Trinajstić information content (AvgIpc) is 2.91. The number of aryl methyl sites for hydroxylation is 1. The van der Waals surface area contributed by atoms with E-state index in [0.717, 1.165) is 27.9 Å². The SMILES string of the molecule is COC(=O)CCc1c(-c2ccc(Cl)cc2)[nH]c2ccc(Cl)nc12. The standard InChI is InChI=1S/C17H14Cl2N2O2/c1-23-15(22)9-6-12-16(10-2-4-11(18)5-3-10)20-13-7-8-14(19)21-17(12)13/h2-5,7-8,20H,6,9H2,1H3. The molecule has 0 bridgehead atoms. The van der Waals surface area contributed by atoms with Gasteiger partial charge in [-0.05, 0) is 36.2 Å². The highest BCUT2D eigenvalue weighted by atomic mass is 35.5. The fourth-order valence-corrected chi connectivity index (χ4v) is 2.80. The molecule has 118 valence electrons. The second kappa shape index (κ2) is 6.60. The van der Waals surface area contributed by atoms with Gasteiger partial charge < -0.3 is 9.72 Å². The summed E-state index contributed by atoms with van der Waals surface area (Å²) in [5.41, 5.74) is 4.47. The predicted molar refractivity (Wildman–Crippen MR) is 91.9 cm³/mol. The molecule has 1 aromatic carbocycles. The van der Waals surface area contributed by atoms with E-state index in [4.69, 9.17) is 27.9 Å². The second-order valence-electron chi connectivity index (χ2n) is 5.09. The van der Waals surface area contributed by atoms with E-state index >= 15 is 0 Å². The molecule has 3 rings (SSSR count). The number of nitrogens with one attached hydrogen (secondary N) is 1. The lowest BCUT2D eigenvalue weighted by molar-refractivity contribution is -0.140. The Labute approximate surface area is 143 Å². The van der Waals surface area contributed by atoms with Gasteiger partial charge in [-0.1, -0.05) is 35.3 Å². The third kappa shape index (κ3) is 3.33. The van der Waals surface area contributed by atoms with Gasteiger partial charge in [0.1, 0.15) is 5.15 Å². The molecule has 3 aromatic rings. The fraction of sp³-hybridized carbons (Fsp3) is 0.176. The van der Waals surface area contributed by atoms with Crippen LogP contribution in [-0.2, 0) is 16.0 Å². The van der Waals surface area contributed by atoms with Crippen LogP contribution in [-0.4, -0.2) is 23.0 Å². The number of fused-ring (bicyclic) bond motifs is 1. The molecular weight excluding hydrogens is 335 g/mol. The molecule has 0 spiro atoms. The lowest BCUT2D eigenvalue weighted by Crippen LogP contribution is -2.02. The van der Waals surface area contributed by atoms with Crippen molar-refractivity contribution in [2.75, 3.05) is 7.11 Å². The van der Waals surface area contributed by atoms with Crippen molar-refractivity contribution in [3.8, 4) is 11.3 Å². The number of benzene rings is 1. The Balaban J connectivity index is 2.11. The summed E-state index contributed by atoms with van der Waals surface area (Å²) in [4.78, 5) is 19.3. The van der Waals surface area contributed by atoms with Gasteiger partial charge in [-0.2, -0.15) is 0 Å². The lowest BCUT2D eigenvalue weighted by Gasteiger charge is -2.05. The number of hydrogen-bond donors (Lipinski definition) is 1. The van der Waals surface area contributed by atoms with Crippen molar-refractivity contribution in [3.05, 3.63) is 52.1 Å². The van der Waals surface area contributed by atoms with E-state index in [9.17, 15) is 4.79 Å². The van der Waals surface area contributed by atoms with Gasteiger partial charge in [0.15, 0.2) is 0 Å². The third-order valence-corrected chi connectivity index (χ3v) is 4.11. The maximum absolute atomic E-state index is 11.5. The molecule has 0 saturated heterocycles. The quantitative estimate of drug-likeness (QED) is 0.551. The minimum Gasteiger partial charge on any atom is -0.469 e. The van der Waals surface area contributed by atoms with E-state index in [1.807, 2.05) is 30.3 Å². The highest BCUT2D eigenvalue weighted by molar-refractivity contribution is 6.30.